The van der Waals surface area contributed by atoms with Crippen molar-refractivity contribution in [3.05, 3.63) is 35.9 Å². The zero-order valence-corrected chi connectivity index (χ0v) is 14.4. The first-order valence-corrected chi connectivity index (χ1v) is 8.94. The molecule has 0 aliphatic carbocycles. The monoisotopic (exact) mass is 346 g/mol. The summed E-state index contributed by atoms with van der Waals surface area (Å²) in [7, 11) is 0. The summed E-state index contributed by atoms with van der Waals surface area (Å²) in [6, 6.07) is 9.82. The molecule has 0 bridgehead atoms. The van der Waals surface area contributed by atoms with Crippen LogP contribution < -0.4 is 11.1 Å². The number of nitrogens with two attached hydrogens (primary N) is 1. The Morgan fingerprint density at radius 3 is 2.56 bits per heavy atom. The van der Waals surface area contributed by atoms with Crippen molar-refractivity contribution in [3.63, 3.8) is 0 Å². The van der Waals surface area contributed by atoms with Crippen LogP contribution in [0.4, 0.5) is 0 Å². The molecular formula is C19H26N2O4. The molecule has 0 radical (unpaired) electrons. The summed E-state index contributed by atoms with van der Waals surface area (Å²) in [6.07, 6.45) is 2.49. The molecule has 1 aromatic rings. The highest BCUT2D eigenvalue weighted by atomic mass is 16.5. The van der Waals surface area contributed by atoms with Gasteiger partial charge >= 0.3 is 0 Å². The number of primary amides is 1. The summed E-state index contributed by atoms with van der Waals surface area (Å²) in [5.74, 6) is -0.683. The summed E-state index contributed by atoms with van der Waals surface area (Å²) in [5, 5.41) is 2.97. The van der Waals surface area contributed by atoms with Gasteiger partial charge in [0.2, 0.25) is 11.8 Å². The summed E-state index contributed by atoms with van der Waals surface area (Å²) < 4.78 is 11.2. The van der Waals surface area contributed by atoms with E-state index >= 15 is 0 Å². The van der Waals surface area contributed by atoms with Gasteiger partial charge < -0.3 is 20.5 Å². The fraction of sp³-hybridized carbons (Fsp3) is 0.579. The Balaban J connectivity index is 1.67. The van der Waals surface area contributed by atoms with Crippen LogP contribution in [0, 0.1) is 11.3 Å². The number of benzene rings is 1. The summed E-state index contributed by atoms with van der Waals surface area (Å²) in [6.45, 7) is 1.92. The van der Waals surface area contributed by atoms with Crippen LogP contribution in [0.5, 0.6) is 0 Å². The number of amides is 2. The predicted octanol–water partition coefficient (Wildman–Crippen LogP) is 1.55. The third-order valence-electron chi connectivity index (χ3n) is 5.36. The first-order valence-electron chi connectivity index (χ1n) is 8.94. The van der Waals surface area contributed by atoms with Crippen LogP contribution in [0.15, 0.2) is 30.3 Å². The van der Waals surface area contributed by atoms with Crippen molar-refractivity contribution >= 4 is 11.8 Å². The predicted molar refractivity (Wildman–Crippen MR) is 92.5 cm³/mol. The number of nitrogens with one attached hydrogen (secondary N) is 1. The maximum Gasteiger partial charge on any atom is 0.226 e. The highest BCUT2D eigenvalue weighted by Crippen LogP contribution is 2.34. The van der Waals surface area contributed by atoms with Crippen molar-refractivity contribution in [2.24, 2.45) is 17.1 Å². The van der Waals surface area contributed by atoms with E-state index in [0.717, 1.165) is 18.4 Å². The van der Waals surface area contributed by atoms with Gasteiger partial charge in [-0.1, -0.05) is 30.3 Å². The zero-order chi connectivity index (χ0) is 17.7. The SMILES string of the molecule is NC(=O)C1(CNC(=O)C2CCCOC2c2ccccc2)CCOCC1. The highest BCUT2D eigenvalue weighted by Gasteiger charge is 2.40. The molecule has 2 unspecified atom stereocenters. The van der Waals surface area contributed by atoms with Gasteiger partial charge in [-0.25, -0.2) is 0 Å². The highest BCUT2D eigenvalue weighted by molar-refractivity contribution is 5.84. The van der Waals surface area contributed by atoms with Crippen LogP contribution in [-0.4, -0.2) is 38.2 Å². The molecule has 1 aromatic carbocycles. The van der Waals surface area contributed by atoms with E-state index in [1.807, 2.05) is 30.3 Å². The van der Waals surface area contributed by atoms with E-state index in [2.05, 4.69) is 5.32 Å². The zero-order valence-electron chi connectivity index (χ0n) is 14.4. The third-order valence-corrected chi connectivity index (χ3v) is 5.36. The molecular weight excluding hydrogens is 320 g/mol. The van der Waals surface area contributed by atoms with Crippen molar-refractivity contribution in [2.45, 2.75) is 31.8 Å². The maximum absolute atomic E-state index is 12.8. The first kappa shape index (κ1) is 17.9. The minimum Gasteiger partial charge on any atom is -0.381 e. The summed E-state index contributed by atoms with van der Waals surface area (Å²) in [5.41, 5.74) is 5.92. The number of hydrogen-bond acceptors (Lipinski definition) is 4. The Morgan fingerprint density at radius 2 is 1.88 bits per heavy atom. The van der Waals surface area contributed by atoms with Gasteiger partial charge in [0.05, 0.1) is 17.4 Å². The fourth-order valence-corrected chi connectivity index (χ4v) is 3.68. The number of carbonyl (C=O) groups is 2. The Morgan fingerprint density at radius 1 is 1.16 bits per heavy atom. The lowest BCUT2D eigenvalue weighted by Crippen LogP contribution is -2.51. The number of carbonyl (C=O) groups excluding carboxylic acids is 2. The minimum atomic E-state index is -0.703. The van der Waals surface area contributed by atoms with Gasteiger partial charge in [0.25, 0.3) is 0 Å². The third kappa shape index (κ3) is 4.02. The van der Waals surface area contributed by atoms with E-state index in [-0.39, 0.29) is 30.4 Å². The van der Waals surface area contributed by atoms with Gasteiger partial charge in [-0.3, -0.25) is 9.59 Å². The molecule has 2 atom stereocenters. The van der Waals surface area contributed by atoms with Crippen molar-refractivity contribution in [1.82, 2.24) is 5.32 Å². The topological polar surface area (TPSA) is 90.7 Å². The van der Waals surface area contributed by atoms with Crippen LogP contribution in [0.1, 0.15) is 37.4 Å². The summed E-state index contributed by atoms with van der Waals surface area (Å²) in [4.78, 5) is 24.8. The quantitative estimate of drug-likeness (QED) is 0.846. The molecule has 2 aliphatic rings. The van der Waals surface area contributed by atoms with Gasteiger partial charge in [0.1, 0.15) is 0 Å². The van der Waals surface area contributed by atoms with Crippen LogP contribution in [0.2, 0.25) is 0 Å². The van der Waals surface area contributed by atoms with Gasteiger partial charge in [0.15, 0.2) is 0 Å². The van der Waals surface area contributed by atoms with E-state index < -0.39 is 5.41 Å². The lowest BCUT2D eigenvalue weighted by Gasteiger charge is -2.36. The van der Waals surface area contributed by atoms with Crippen LogP contribution in [-0.2, 0) is 19.1 Å². The normalized spacial score (nSPS) is 25.9. The van der Waals surface area contributed by atoms with E-state index in [1.165, 1.54) is 0 Å². The molecule has 0 aromatic heterocycles. The molecule has 3 N–H and O–H groups in total. The molecule has 0 saturated carbocycles. The average molecular weight is 346 g/mol. The van der Waals surface area contributed by atoms with E-state index in [9.17, 15) is 9.59 Å². The summed E-state index contributed by atoms with van der Waals surface area (Å²) >= 11 is 0. The minimum absolute atomic E-state index is 0.0688. The molecule has 2 aliphatic heterocycles. The van der Waals surface area contributed by atoms with Crippen molar-refractivity contribution in [3.8, 4) is 0 Å². The molecule has 2 fully saturated rings. The molecule has 0 spiro atoms. The smallest absolute Gasteiger partial charge is 0.226 e. The number of ether oxygens (including phenoxy) is 2. The van der Waals surface area contributed by atoms with Gasteiger partial charge in [-0.2, -0.15) is 0 Å². The molecule has 6 heteroatoms. The Hall–Kier alpha value is -1.92. The standard InChI is InChI=1S/C19H26N2O4/c20-18(23)19(8-11-24-12-9-19)13-21-17(22)15-7-4-10-25-16(15)14-5-2-1-3-6-14/h1-3,5-6,15-16H,4,7-13H2,(H2,20,23)(H,21,22). The van der Waals surface area contributed by atoms with Crippen LogP contribution in [0.3, 0.4) is 0 Å². The average Bonchev–Trinajstić information content (AvgIpc) is 2.67. The van der Waals surface area contributed by atoms with Gasteiger partial charge in [-0.15, -0.1) is 0 Å². The Kier molecular flexibility index (Phi) is 5.71. The largest absolute Gasteiger partial charge is 0.381 e. The molecule has 3 rings (SSSR count). The van der Waals surface area contributed by atoms with E-state index in [0.29, 0.717) is 32.7 Å². The molecule has 25 heavy (non-hydrogen) atoms. The van der Waals surface area contributed by atoms with Crippen LogP contribution in [0.25, 0.3) is 0 Å². The van der Waals surface area contributed by atoms with Gasteiger partial charge in [0, 0.05) is 26.4 Å². The number of hydrogen-bond donors (Lipinski definition) is 2. The second kappa shape index (κ2) is 7.97. The van der Waals surface area contributed by atoms with Crippen molar-refractivity contribution < 1.29 is 19.1 Å². The van der Waals surface area contributed by atoms with Crippen molar-refractivity contribution in [1.29, 1.82) is 0 Å². The second-order valence-electron chi connectivity index (χ2n) is 6.93. The maximum atomic E-state index is 12.8. The van der Waals surface area contributed by atoms with Crippen LogP contribution >= 0.6 is 0 Å². The van der Waals surface area contributed by atoms with Crippen molar-refractivity contribution in [2.75, 3.05) is 26.4 Å². The Bertz CT molecular complexity index is 599. The molecule has 2 amide bonds. The van der Waals surface area contributed by atoms with E-state index in [4.69, 9.17) is 15.2 Å². The number of rotatable bonds is 5. The second-order valence-corrected chi connectivity index (χ2v) is 6.93. The first-order chi connectivity index (χ1) is 12.1. The molecule has 2 saturated heterocycles. The van der Waals surface area contributed by atoms with E-state index in [1.54, 1.807) is 0 Å². The lowest BCUT2D eigenvalue weighted by atomic mass is 9.79. The fourth-order valence-electron chi connectivity index (χ4n) is 3.68. The Labute approximate surface area is 148 Å². The lowest BCUT2D eigenvalue weighted by molar-refractivity contribution is -0.138. The molecule has 6 nitrogen and oxygen atoms in total. The molecule has 2 heterocycles. The molecule has 136 valence electrons. The van der Waals surface area contributed by atoms with Gasteiger partial charge in [-0.05, 0) is 31.2 Å².